The van der Waals surface area contributed by atoms with Crippen molar-refractivity contribution in [1.82, 2.24) is 20.6 Å². The highest BCUT2D eigenvalue weighted by Gasteiger charge is 2.13. The maximum absolute atomic E-state index is 10.8. The maximum atomic E-state index is 10.8. The molecule has 1 heterocycles. The zero-order valence-electron chi connectivity index (χ0n) is 6.93. The Kier molecular flexibility index (Phi) is 1.94. The minimum absolute atomic E-state index is 0.0473. The average molecular weight is 189 g/mol. The number of H-pyrrole nitrogens is 1. The van der Waals surface area contributed by atoms with Gasteiger partial charge in [0, 0.05) is 5.56 Å². The van der Waals surface area contributed by atoms with Crippen molar-refractivity contribution in [2.75, 3.05) is 0 Å². The fraction of sp³-hybridized carbons (Fsp3) is 0. The number of benzene rings is 1. The van der Waals surface area contributed by atoms with Gasteiger partial charge in [-0.15, -0.1) is 5.10 Å². The Morgan fingerprint density at radius 1 is 1.57 bits per heavy atom. The lowest BCUT2D eigenvalue weighted by Crippen LogP contribution is -2.00. The number of aromatic nitrogens is 4. The number of carbonyl (C=O) groups is 1. The zero-order chi connectivity index (χ0) is 9.97. The molecule has 14 heavy (non-hydrogen) atoms. The van der Waals surface area contributed by atoms with Crippen LogP contribution < -0.4 is 0 Å². The van der Waals surface area contributed by atoms with Gasteiger partial charge in [-0.1, -0.05) is 18.2 Å². The van der Waals surface area contributed by atoms with Gasteiger partial charge in [0.1, 0.15) is 0 Å². The van der Waals surface area contributed by atoms with Crippen LogP contribution in [0, 0.1) is 6.07 Å². The standard InChI is InChI=1S/C8H5N4O2/c13-8(14)6-4-2-1-3-5(6)7-9-11-12-10-7/h1-3H,(H,13,14)(H,9,10,11,12). The molecule has 1 aromatic heterocycles. The number of nitrogens with one attached hydrogen (secondary N) is 1. The minimum Gasteiger partial charge on any atom is -0.478 e. The molecular formula is C8H5N4O2. The third-order valence-corrected chi connectivity index (χ3v) is 1.67. The Labute approximate surface area is 78.6 Å². The highest BCUT2D eigenvalue weighted by Crippen LogP contribution is 2.17. The Hall–Kier alpha value is -2.24. The smallest absolute Gasteiger partial charge is 0.337 e. The van der Waals surface area contributed by atoms with Gasteiger partial charge in [0.25, 0.3) is 0 Å². The summed E-state index contributed by atoms with van der Waals surface area (Å²) in [5, 5.41) is 21.7. The van der Waals surface area contributed by atoms with Crippen molar-refractivity contribution < 1.29 is 9.90 Å². The second-order valence-corrected chi connectivity index (χ2v) is 2.51. The number of aromatic carboxylic acids is 1. The van der Waals surface area contributed by atoms with Gasteiger partial charge < -0.3 is 5.11 Å². The average Bonchev–Trinajstić information content (AvgIpc) is 2.70. The summed E-state index contributed by atoms with van der Waals surface area (Å²) in [5.41, 5.74) is 0.469. The molecule has 0 aliphatic heterocycles. The molecule has 2 rings (SSSR count). The molecule has 0 spiro atoms. The topological polar surface area (TPSA) is 91.8 Å². The molecule has 0 saturated heterocycles. The van der Waals surface area contributed by atoms with E-state index >= 15 is 0 Å². The van der Waals surface area contributed by atoms with Gasteiger partial charge in [-0.3, -0.25) is 0 Å². The molecule has 1 aromatic carbocycles. The summed E-state index contributed by atoms with van der Waals surface area (Å²) in [6, 6.07) is 7.42. The Morgan fingerprint density at radius 2 is 2.43 bits per heavy atom. The fourth-order valence-electron chi connectivity index (χ4n) is 1.08. The molecule has 1 radical (unpaired) electrons. The summed E-state index contributed by atoms with van der Waals surface area (Å²) >= 11 is 0. The monoisotopic (exact) mass is 189 g/mol. The molecule has 6 nitrogen and oxygen atoms in total. The SMILES string of the molecule is O=C(O)c1[c]cccc1-c1nnn[nH]1. The first-order valence-electron chi connectivity index (χ1n) is 3.77. The number of tetrazole rings is 1. The lowest BCUT2D eigenvalue weighted by atomic mass is 10.1. The first kappa shape index (κ1) is 8.36. The third-order valence-electron chi connectivity index (χ3n) is 1.67. The predicted octanol–water partition coefficient (Wildman–Crippen LogP) is 0.365. The number of carboxylic acids is 1. The first-order chi connectivity index (χ1) is 6.79. The van der Waals surface area contributed by atoms with E-state index in [2.05, 4.69) is 26.7 Å². The summed E-state index contributed by atoms with van der Waals surface area (Å²) in [6.45, 7) is 0. The molecule has 69 valence electrons. The van der Waals surface area contributed by atoms with Crippen molar-refractivity contribution in [3.05, 3.63) is 29.8 Å². The highest BCUT2D eigenvalue weighted by molar-refractivity contribution is 5.94. The summed E-state index contributed by atoms with van der Waals surface area (Å²) in [4.78, 5) is 10.8. The normalized spacial score (nSPS) is 10.0. The second kappa shape index (κ2) is 3.25. The van der Waals surface area contributed by atoms with Crippen molar-refractivity contribution >= 4 is 5.97 Å². The molecule has 0 fully saturated rings. The molecule has 2 aromatic rings. The zero-order valence-corrected chi connectivity index (χ0v) is 6.93. The van der Waals surface area contributed by atoms with Gasteiger partial charge in [-0.05, 0) is 16.5 Å². The molecule has 0 aliphatic rings. The number of hydrogen-bond donors (Lipinski definition) is 2. The largest absolute Gasteiger partial charge is 0.478 e. The Bertz CT molecular complexity index is 452. The molecule has 0 bridgehead atoms. The first-order valence-corrected chi connectivity index (χ1v) is 3.77. The van der Waals surface area contributed by atoms with E-state index in [0.29, 0.717) is 11.4 Å². The third kappa shape index (κ3) is 1.33. The van der Waals surface area contributed by atoms with E-state index in [4.69, 9.17) is 5.11 Å². The lowest BCUT2D eigenvalue weighted by molar-refractivity contribution is 0.0697. The molecule has 0 saturated carbocycles. The van der Waals surface area contributed by atoms with E-state index < -0.39 is 5.97 Å². The van der Waals surface area contributed by atoms with Crippen LogP contribution in [0.3, 0.4) is 0 Å². The van der Waals surface area contributed by atoms with Crippen LogP contribution >= 0.6 is 0 Å². The predicted molar refractivity (Wildman–Crippen MR) is 45.4 cm³/mol. The molecule has 0 atom stereocenters. The Morgan fingerprint density at radius 3 is 3.07 bits per heavy atom. The van der Waals surface area contributed by atoms with Crippen molar-refractivity contribution in [2.45, 2.75) is 0 Å². The van der Waals surface area contributed by atoms with Crippen LogP contribution in [0.25, 0.3) is 11.4 Å². The Balaban J connectivity index is 2.58. The van der Waals surface area contributed by atoms with Crippen LogP contribution in [0.5, 0.6) is 0 Å². The number of nitrogens with zero attached hydrogens (tertiary/aromatic N) is 3. The summed E-state index contributed by atoms with van der Waals surface area (Å²) in [6.07, 6.45) is 0. The van der Waals surface area contributed by atoms with E-state index in [9.17, 15) is 4.79 Å². The van der Waals surface area contributed by atoms with E-state index in [1.165, 1.54) is 6.07 Å². The van der Waals surface area contributed by atoms with Crippen LogP contribution in [-0.4, -0.2) is 31.7 Å². The number of aromatic amines is 1. The molecular weight excluding hydrogens is 184 g/mol. The molecule has 0 aliphatic carbocycles. The molecule has 0 unspecified atom stereocenters. The van der Waals surface area contributed by atoms with Crippen LogP contribution in [0.4, 0.5) is 0 Å². The van der Waals surface area contributed by atoms with Crippen molar-refractivity contribution in [2.24, 2.45) is 0 Å². The summed E-state index contributed by atoms with van der Waals surface area (Å²) in [5.74, 6) is -0.740. The van der Waals surface area contributed by atoms with Crippen molar-refractivity contribution in [3.63, 3.8) is 0 Å². The van der Waals surface area contributed by atoms with Crippen molar-refractivity contribution in [3.8, 4) is 11.4 Å². The lowest BCUT2D eigenvalue weighted by Gasteiger charge is -1.99. The minimum atomic E-state index is -1.06. The van der Waals surface area contributed by atoms with Crippen LogP contribution in [0.15, 0.2) is 18.2 Å². The second-order valence-electron chi connectivity index (χ2n) is 2.51. The van der Waals surface area contributed by atoms with Gasteiger partial charge in [0.2, 0.25) is 0 Å². The van der Waals surface area contributed by atoms with E-state index in [0.717, 1.165) is 0 Å². The van der Waals surface area contributed by atoms with Crippen LogP contribution in [0.2, 0.25) is 0 Å². The number of rotatable bonds is 2. The van der Waals surface area contributed by atoms with Gasteiger partial charge in [-0.25, -0.2) is 9.89 Å². The van der Waals surface area contributed by atoms with Gasteiger partial charge in [-0.2, -0.15) is 0 Å². The highest BCUT2D eigenvalue weighted by atomic mass is 16.4. The van der Waals surface area contributed by atoms with E-state index in [1.54, 1.807) is 12.1 Å². The summed E-state index contributed by atoms with van der Waals surface area (Å²) in [7, 11) is 0. The number of carboxylic acid groups (broad SMARTS) is 1. The van der Waals surface area contributed by atoms with Gasteiger partial charge in [0.15, 0.2) is 5.82 Å². The summed E-state index contributed by atoms with van der Waals surface area (Å²) < 4.78 is 0. The van der Waals surface area contributed by atoms with Crippen molar-refractivity contribution in [1.29, 1.82) is 0 Å². The van der Waals surface area contributed by atoms with E-state index in [-0.39, 0.29) is 5.56 Å². The van der Waals surface area contributed by atoms with Gasteiger partial charge in [0.05, 0.1) is 5.56 Å². The fourth-order valence-corrected chi connectivity index (χ4v) is 1.08. The molecule has 6 heteroatoms. The van der Waals surface area contributed by atoms with Crippen LogP contribution in [0.1, 0.15) is 10.4 Å². The number of hydrogen-bond acceptors (Lipinski definition) is 4. The van der Waals surface area contributed by atoms with Gasteiger partial charge >= 0.3 is 5.97 Å². The van der Waals surface area contributed by atoms with Crippen LogP contribution in [-0.2, 0) is 0 Å². The van der Waals surface area contributed by atoms with E-state index in [1.807, 2.05) is 0 Å². The quantitative estimate of drug-likeness (QED) is 0.711. The molecule has 2 N–H and O–H groups in total. The molecule has 0 amide bonds. The maximum Gasteiger partial charge on any atom is 0.337 e.